The highest BCUT2D eigenvalue weighted by Crippen LogP contribution is 2.31. The number of carbonyl (C=O) groups excluding carboxylic acids is 1. The van der Waals surface area contributed by atoms with Crippen molar-refractivity contribution in [3.8, 4) is 5.75 Å². The lowest BCUT2D eigenvalue weighted by molar-refractivity contribution is -0.114. The van der Waals surface area contributed by atoms with Crippen LogP contribution in [0.3, 0.4) is 0 Å². The second-order valence-corrected chi connectivity index (χ2v) is 7.98. The Morgan fingerprint density at radius 1 is 1.08 bits per heavy atom. The molecule has 1 amide bonds. The van der Waals surface area contributed by atoms with Crippen molar-refractivity contribution in [2.45, 2.75) is 37.5 Å². The van der Waals surface area contributed by atoms with Crippen molar-refractivity contribution in [1.29, 1.82) is 0 Å². The monoisotopic (exact) mass is 374 g/mol. The Morgan fingerprint density at radius 2 is 1.85 bits per heavy atom. The minimum absolute atomic E-state index is 0.0804. The maximum atomic E-state index is 12.8. The molecule has 1 aliphatic rings. The number of fused-ring (bicyclic) bond motifs is 1. The lowest BCUT2D eigenvalue weighted by Crippen LogP contribution is -2.16. The van der Waals surface area contributed by atoms with E-state index >= 15 is 0 Å². The summed E-state index contributed by atoms with van der Waals surface area (Å²) in [6.45, 7) is 1.38. The van der Waals surface area contributed by atoms with Crippen LogP contribution in [0.1, 0.15) is 30.9 Å². The van der Waals surface area contributed by atoms with Crippen LogP contribution in [0.4, 0.5) is 11.4 Å². The Morgan fingerprint density at radius 3 is 2.58 bits per heavy atom. The van der Waals surface area contributed by atoms with Gasteiger partial charge in [-0.05, 0) is 55.0 Å². The Labute approximate surface area is 153 Å². The summed E-state index contributed by atoms with van der Waals surface area (Å²) < 4.78 is 33.6. The van der Waals surface area contributed by atoms with Crippen molar-refractivity contribution in [3.63, 3.8) is 0 Å². The van der Waals surface area contributed by atoms with Gasteiger partial charge in [0.15, 0.2) is 0 Å². The summed E-state index contributed by atoms with van der Waals surface area (Å²) in [4.78, 5) is 11.3. The molecule has 26 heavy (non-hydrogen) atoms. The molecule has 2 aromatic rings. The van der Waals surface area contributed by atoms with Gasteiger partial charge < -0.3 is 10.1 Å². The highest BCUT2D eigenvalue weighted by Gasteiger charge is 2.20. The van der Waals surface area contributed by atoms with Gasteiger partial charge in [-0.2, -0.15) is 0 Å². The lowest BCUT2D eigenvalue weighted by Gasteiger charge is -2.20. The highest BCUT2D eigenvalue weighted by atomic mass is 32.2. The van der Waals surface area contributed by atoms with Gasteiger partial charge >= 0.3 is 0 Å². The van der Waals surface area contributed by atoms with Gasteiger partial charge in [-0.3, -0.25) is 9.52 Å². The molecule has 0 saturated heterocycles. The number of hydrogen-bond donors (Lipinski definition) is 2. The maximum absolute atomic E-state index is 12.8. The average Bonchev–Trinajstić information content (AvgIpc) is 2.61. The molecule has 0 saturated carbocycles. The number of sulfonamides is 1. The van der Waals surface area contributed by atoms with Crippen LogP contribution in [0.25, 0.3) is 0 Å². The van der Waals surface area contributed by atoms with E-state index in [2.05, 4.69) is 16.1 Å². The minimum atomic E-state index is -3.77. The van der Waals surface area contributed by atoms with Gasteiger partial charge in [0.25, 0.3) is 10.0 Å². The summed E-state index contributed by atoms with van der Waals surface area (Å²) in [6, 6.07) is 10.1. The summed E-state index contributed by atoms with van der Waals surface area (Å²) in [5, 5.41) is 2.61. The van der Waals surface area contributed by atoms with E-state index in [1.165, 1.54) is 37.8 Å². The second-order valence-electron chi connectivity index (χ2n) is 6.30. The molecule has 3 rings (SSSR count). The molecule has 0 aromatic heterocycles. The van der Waals surface area contributed by atoms with Gasteiger partial charge in [-0.25, -0.2) is 8.42 Å². The molecule has 0 bridgehead atoms. The summed E-state index contributed by atoms with van der Waals surface area (Å²) in [6.07, 6.45) is 4.04. The van der Waals surface area contributed by atoms with Crippen LogP contribution in [0.5, 0.6) is 5.75 Å². The summed E-state index contributed by atoms with van der Waals surface area (Å²) in [5.41, 5.74) is 3.34. The molecule has 138 valence electrons. The number of aryl methyl sites for hydroxylation is 1. The Kier molecular flexibility index (Phi) is 5.18. The normalized spacial score (nSPS) is 13.6. The molecule has 0 spiro atoms. The Bertz CT molecular complexity index is 939. The average molecular weight is 374 g/mol. The molecule has 0 heterocycles. The first kappa shape index (κ1) is 18.3. The van der Waals surface area contributed by atoms with Crippen LogP contribution in [-0.4, -0.2) is 21.4 Å². The largest absolute Gasteiger partial charge is 0.495 e. The fourth-order valence-electron chi connectivity index (χ4n) is 3.21. The molecule has 6 nitrogen and oxygen atoms in total. The summed E-state index contributed by atoms with van der Waals surface area (Å²) in [5.74, 6) is 0.0334. The fourth-order valence-corrected chi connectivity index (χ4v) is 4.32. The molecule has 0 atom stereocenters. The number of carbonyl (C=O) groups is 1. The molecule has 2 aromatic carbocycles. The zero-order valence-corrected chi connectivity index (χ0v) is 15.7. The van der Waals surface area contributed by atoms with Crippen LogP contribution in [0, 0.1) is 0 Å². The van der Waals surface area contributed by atoms with Crippen LogP contribution in [0.15, 0.2) is 41.3 Å². The Hall–Kier alpha value is -2.54. The van der Waals surface area contributed by atoms with Crippen molar-refractivity contribution in [2.75, 3.05) is 17.1 Å². The van der Waals surface area contributed by atoms with Gasteiger partial charge in [-0.1, -0.05) is 12.1 Å². The minimum Gasteiger partial charge on any atom is -0.495 e. The number of nitrogens with one attached hydrogen (secondary N) is 2. The van der Waals surface area contributed by atoms with E-state index < -0.39 is 10.0 Å². The Balaban J connectivity index is 1.93. The van der Waals surface area contributed by atoms with Crippen molar-refractivity contribution >= 4 is 27.3 Å². The van der Waals surface area contributed by atoms with Gasteiger partial charge in [0.05, 0.1) is 23.4 Å². The summed E-state index contributed by atoms with van der Waals surface area (Å²) in [7, 11) is -2.34. The van der Waals surface area contributed by atoms with Gasteiger partial charge in [0.1, 0.15) is 5.75 Å². The zero-order valence-electron chi connectivity index (χ0n) is 14.8. The number of ether oxygens (including phenoxy) is 1. The predicted octanol–water partition coefficient (Wildman–Crippen LogP) is 3.33. The number of anilines is 2. The van der Waals surface area contributed by atoms with E-state index in [4.69, 9.17) is 4.74 Å². The third kappa shape index (κ3) is 3.83. The number of rotatable bonds is 5. The fraction of sp³-hybridized carbons (Fsp3) is 0.316. The molecule has 1 aliphatic carbocycles. The number of amides is 1. The smallest absolute Gasteiger partial charge is 0.262 e. The first-order valence-corrected chi connectivity index (χ1v) is 9.98. The second kappa shape index (κ2) is 7.37. The van der Waals surface area contributed by atoms with Crippen molar-refractivity contribution in [3.05, 3.63) is 47.5 Å². The van der Waals surface area contributed by atoms with Crippen LogP contribution >= 0.6 is 0 Å². The standard InChI is InChI=1S/C19H22N2O4S/c1-13(22)20-18-11-10-15(12-19(18)25-2)26(23,24)21-17-9-5-7-14-6-3-4-8-16(14)17/h5,7,9-12,21H,3-4,6,8H2,1-2H3,(H,20,22). The predicted molar refractivity (Wildman–Crippen MR) is 101 cm³/mol. The molecular weight excluding hydrogens is 352 g/mol. The lowest BCUT2D eigenvalue weighted by atomic mass is 9.91. The van der Waals surface area contributed by atoms with Gasteiger partial charge in [-0.15, -0.1) is 0 Å². The molecule has 0 aliphatic heterocycles. The number of methoxy groups -OCH3 is 1. The third-order valence-electron chi connectivity index (χ3n) is 4.43. The highest BCUT2D eigenvalue weighted by molar-refractivity contribution is 7.92. The van der Waals surface area contributed by atoms with Crippen LogP contribution < -0.4 is 14.8 Å². The first-order valence-electron chi connectivity index (χ1n) is 8.50. The van der Waals surface area contributed by atoms with E-state index in [0.29, 0.717) is 11.4 Å². The first-order chi connectivity index (χ1) is 12.4. The van der Waals surface area contributed by atoms with E-state index in [9.17, 15) is 13.2 Å². The van der Waals surface area contributed by atoms with Crippen LogP contribution in [-0.2, 0) is 27.7 Å². The van der Waals surface area contributed by atoms with Gasteiger partial charge in [0.2, 0.25) is 5.91 Å². The van der Waals surface area contributed by atoms with E-state index in [1.807, 2.05) is 6.07 Å². The van der Waals surface area contributed by atoms with E-state index in [0.717, 1.165) is 31.2 Å². The van der Waals surface area contributed by atoms with E-state index in [1.54, 1.807) is 6.07 Å². The SMILES string of the molecule is COc1cc(S(=O)(=O)Nc2cccc3c2CCCC3)ccc1NC(C)=O. The van der Waals surface area contributed by atoms with E-state index in [-0.39, 0.29) is 16.6 Å². The quantitative estimate of drug-likeness (QED) is 0.841. The molecule has 0 unspecified atom stereocenters. The molecule has 2 N–H and O–H groups in total. The van der Waals surface area contributed by atoms with Crippen molar-refractivity contribution in [1.82, 2.24) is 0 Å². The van der Waals surface area contributed by atoms with Crippen molar-refractivity contribution in [2.24, 2.45) is 0 Å². The summed E-state index contributed by atoms with van der Waals surface area (Å²) >= 11 is 0. The topological polar surface area (TPSA) is 84.5 Å². The maximum Gasteiger partial charge on any atom is 0.262 e. The molecule has 7 heteroatoms. The number of hydrogen-bond acceptors (Lipinski definition) is 4. The molecule has 0 radical (unpaired) electrons. The zero-order chi connectivity index (χ0) is 18.7. The molecular formula is C19H22N2O4S. The van der Waals surface area contributed by atoms with Crippen molar-refractivity contribution < 1.29 is 17.9 Å². The number of benzene rings is 2. The van der Waals surface area contributed by atoms with Gasteiger partial charge in [0, 0.05) is 13.0 Å². The third-order valence-corrected chi connectivity index (χ3v) is 5.80. The molecule has 0 fully saturated rings. The van der Waals surface area contributed by atoms with Crippen LogP contribution in [0.2, 0.25) is 0 Å².